The monoisotopic (exact) mass is 478 g/mol. The first-order valence-corrected chi connectivity index (χ1v) is 12.2. The number of carbonyl (C=O) groups is 2. The third kappa shape index (κ3) is 5.45. The molecule has 7 heteroatoms. The molecule has 0 fully saturated rings. The number of aromatic nitrogens is 2. The second kappa shape index (κ2) is 11.3. The van der Waals surface area contributed by atoms with E-state index in [2.05, 4.69) is 18.8 Å². The van der Waals surface area contributed by atoms with Crippen LogP contribution in [0.25, 0.3) is 0 Å². The Kier molecular flexibility index (Phi) is 8.43. The van der Waals surface area contributed by atoms with Crippen molar-refractivity contribution in [1.82, 2.24) is 15.1 Å². The van der Waals surface area contributed by atoms with Gasteiger partial charge in [0.25, 0.3) is 11.8 Å². The Bertz CT molecular complexity index is 1180. The van der Waals surface area contributed by atoms with Gasteiger partial charge in [0.2, 0.25) is 0 Å². The molecule has 2 aromatic rings. The molecular formula is C28H35FN4O2. The quantitative estimate of drug-likeness (QED) is 0.482. The fraction of sp³-hybridized carbons (Fsp3) is 0.393. The first-order chi connectivity index (χ1) is 16.7. The molecule has 1 aliphatic heterocycles. The van der Waals surface area contributed by atoms with E-state index in [1.807, 2.05) is 37.6 Å². The van der Waals surface area contributed by atoms with Crippen molar-refractivity contribution in [2.75, 3.05) is 11.4 Å². The van der Waals surface area contributed by atoms with Gasteiger partial charge in [-0.1, -0.05) is 50.3 Å². The van der Waals surface area contributed by atoms with Crippen LogP contribution in [0.4, 0.5) is 10.2 Å². The number of fused-ring (bicyclic) bond motifs is 1. The van der Waals surface area contributed by atoms with Gasteiger partial charge in [0.1, 0.15) is 17.7 Å². The minimum Gasteiger partial charge on any atom is -0.339 e. The van der Waals surface area contributed by atoms with E-state index in [0.29, 0.717) is 24.2 Å². The summed E-state index contributed by atoms with van der Waals surface area (Å²) in [6.07, 6.45) is 5.86. The van der Waals surface area contributed by atoms with Crippen LogP contribution in [0.15, 0.2) is 60.5 Å². The number of benzene rings is 1. The predicted octanol–water partition coefficient (Wildman–Crippen LogP) is 5.53. The number of allylic oxidation sites excluding steroid dienone is 4. The molecule has 1 N–H and O–H groups in total. The van der Waals surface area contributed by atoms with Gasteiger partial charge in [-0.2, -0.15) is 5.10 Å². The third-order valence-corrected chi connectivity index (χ3v) is 6.16. The third-order valence-electron chi connectivity index (χ3n) is 6.16. The summed E-state index contributed by atoms with van der Waals surface area (Å²) in [6.45, 7) is 14.8. The topological polar surface area (TPSA) is 67.2 Å². The van der Waals surface area contributed by atoms with E-state index in [1.54, 1.807) is 30.0 Å². The van der Waals surface area contributed by atoms with Crippen molar-refractivity contribution in [3.63, 3.8) is 0 Å². The van der Waals surface area contributed by atoms with Crippen molar-refractivity contribution in [3.8, 4) is 0 Å². The normalized spacial score (nSPS) is 18.2. The summed E-state index contributed by atoms with van der Waals surface area (Å²) in [5.74, 6) is -0.801. The summed E-state index contributed by atoms with van der Waals surface area (Å²) >= 11 is 0. The summed E-state index contributed by atoms with van der Waals surface area (Å²) in [4.78, 5) is 28.9. The van der Waals surface area contributed by atoms with Crippen molar-refractivity contribution in [3.05, 3.63) is 82.9 Å². The van der Waals surface area contributed by atoms with Gasteiger partial charge in [-0.05, 0) is 57.4 Å². The average molecular weight is 479 g/mol. The van der Waals surface area contributed by atoms with Crippen molar-refractivity contribution >= 4 is 17.6 Å². The van der Waals surface area contributed by atoms with E-state index in [4.69, 9.17) is 5.10 Å². The summed E-state index contributed by atoms with van der Waals surface area (Å²) < 4.78 is 15.8. The number of amides is 2. The van der Waals surface area contributed by atoms with Gasteiger partial charge in [-0.3, -0.25) is 14.5 Å². The molecule has 1 aliphatic rings. The van der Waals surface area contributed by atoms with Crippen LogP contribution in [0, 0.1) is 13.8 Å². The number of rotatable bonds is 9. The minimum absolute atomic E-state index is 0.219. The van der Waals surface area contributed by atoms with Crippen LogP contribution in [-0.2, 0) is 11.3 Å². The van der Waals surface area contributed by atoms with E-state index in [-0.39, 0.29) is 11.8 Å². The summed E-state index contributed by atoms with van der Waals surface area (Å²) in [5.41, 5.74) is 3.56. The van der Waals surface area contributed by atoms with E-state index in [9.17, 15) is 14.0 Å². The lowest BCUT2D eigenvalue weighted by Crippen LogP contribution is -2.55. The lowest BCUT2D eigenvalue weighted by molar-refractivity contribution is -0.121. The van der Waals surface area contributed by atoms with Crippen molar-refractivity contribution in [2.24, 2.45) is 0 Å². The summed E-state index contributed by atoms with van der Waals surface area (Å²) in [7, 11) is 0. The zero-order valence-electron chi connectivity index (χ0n) is 21.3. The van der Waals surface area contributed by atoms with Crippen LogP contribution in [0.3, 0.4) is 0 Å². The van der Waals surface area contributed by atoms with Gasteiger partial charge >= 0.3 is 0 Å². The maximum absolute atomic E-state index is 13.9. The highest BCUT2D eigenvalue weighted by atomic mass is 19.1. The molecule has 35 heavy (non-hydrogen) atoms. The molecule has 0 saturated heterocycles. The number of carbonyl (C=O) groups excluding carboxylic acids is 2. The van der Waals surface area contributed by atoms with E-state index in [0.717, 1.165) is 35.5 Å². The molecule has 0 aliphatic carbocycles. The molecule has 3 rings (SSSR count). The zero-order valence-corrected chi connectivity index (χ0v) is 21.3. The first kappa shape index (κ1) is 26.1. The molecule has 6 nitrogen and oxygen atoms in total. The predicted molar refractivity (Wildman–Crippen MR) is 138 cm³/mol. The number of halogens is 1. The van der Waals surface area contributed by atoms with Crippen LogP contribution in [-0.4, -0.2) is 34.2 Å². The Balaban J connectivity index is 2.15. The van der Waals surface area contributed by atoms with E-state index >= 15 is 0 Å². The van der Waals surface area contributed by atoms with Crippen molar-refractivity contribution < 1.29 is 14.0 Å². The molecule has 0 radical (unpaired) electrons. The number of hydrogen-bond donors (Lipinski definition) is 1. The average Bonchev–Trinajstić information content (AvgIpc) is 3.15. The molecule has 2 amide bonds. The van der Waals surface area contributed by atoms with Crippen LogP contribution < -0.4 is 10.2 Å². The van der Waals surface area contributed by atoms with Crippen LogP contribution in [0.5, 0.6) is 0 Å². The second-order valence-corrected chi connectivity index (χ2v) is 8.92. The summed E-state index contributed by atoms with van der Waals surface area (Å²) in [6, 6.07) is 6.33. The van der Waals surface area contributed by atoms with Gasteiger partial charge < -0.3 is 5.32 Å². The van der Waals surface area contributed by atoms with Crippen LogP contribution in [0.1, 0.15) is 66.7 Å². The molecule has 1 aromatic carbocycles. The molecular weight excluding hydrogens is 443 g/mol. The Hall–Kier alpha value is -3.48. The van der Waals surface area contributed by atoms with Gasteiger partial charge in [-0.25, -0.2) is 9.07 Å². The molecule has 0 bridgehead atoms. The van der Waals surface area contributed by atoms with Crippen LogP contribution >= 0.6 is 0 Å². The maximum Gasteiger partial charge on any atom is 0.251 e. The van der Waals surface area contributed by atoms with Crippen molar-refractivity contribution in [2.45, 2.75) is 66.0 Å². The Morgan fingerprint density at radius 2 is 1.91 bits per heavy atom. The standard InChI is InChI=1S/C28H35FN4O2/c1-7-15-32-27-24(20(6)31-33(27)16-8-2)23(19(5)13-14-22(29)9-3)25(28(32)35)30-26(34)21-12-10-11-18(4)17-21/h9-14,17,23,25H,5,7-8,15-16H2,1-4,6H3,(H,30,34)/b14-13-,22-9+/t23-,25-/m0/s1. The largest absolute Gasteiger partial charge is 0.339 e. The molecule has 0 saturated carbocycles. The Labute approximate surface area is 207 Å². The molecule has 1 aromatic heterocycles. The number of hydrogen-bond acceptors (Lipinski definition) is 3. The first-order valence-electron chi connectivity index (χ1n) is 12.2. The number of nitrogens with one attached hydrogen (secondary N) is 1. The lowest BCUT2D eigenvalue weighted by Gasteiger charge is -2.39. The fourth-order valence-electron chi connectivity index (χ4n) is 4.56. The van der Waals surface area contributed by atoms with E-state index < -0.39 is 17.8 Å². The highest BCUT2D eigenvalue weighted by Gasteiger charge is 2.45. The highest BCUT2D eigenvalue weighted by molar-refractivity contribution is 6.05. The molecule has 0 unspecified atom stereocenters. The highest BCUT2D eigenvalue weighted by Crippen LogP contribution is 2.42. The minimum atomic E-state index is -0.897. The number of aryl methyl sites for hydroxylation is 3. The van der Waals surface area contributed by atoms with Crippen molar-refractivity contribution in [1.29, 1.82) is 0 Å². The van der Waals surface area contributed by atoms with E-state index in [1.165, 1.54) is 12.2 Å². The second-order valence-electron chi connectivity index (χ2n) is 8.92. The SMILES string of the molecule is C=C(/C=C\C(F)=C/C)[C@H]1c2c(C)nn(CCC)c2N(CCC)C(=O)[C@H]1NC(=O)c1cccc(C)c1. The Morgan fingerprint density at radius 1 is 1.20 bits per heavy atom. The number of anilines is 1. The maximum atomic E-state index is 13.9. The van der Waals surface area contributed by atoms with Gasteiger partial charge in [0.05, 0.1) is 5.69 Å². The van der Waals surface area contributed by atoms with Gasteiger partial charge in [-0.15, -0.1) is 0 Å². The molecule has 186 valence electrons. The summed E-state index contributed by atoms with van der Waals surface area (Å²) in [5, 5.41) is 7.71. The Morgan fingerprint density at radius 3 is 2.54 bits per heavy atom. The number of nitrogens with zero attached hydrogens (tertiary/aromatic N) is 3. The van der Waals surface area contributed by atoms with Gasteiger partial charge in [0.15, 0.2) is 0 Å². The van der Waals surface area contributed by atoms with Gasteiger partial charge in [0, 0.05) is 30.1 Å². The molecule has 2 heterocycles. The smallest absolute Gasteiger partial charge is 0.251 e. The zero-order chi connectivity index (χ0) is 25.7. The lowest BCUT2D eigenvalue weighted by atomic mass is 9.81. The fourth-order valence-corrected chi connectivity index (χ4v) is 4.56. The molecule has 0 spiro atoms. The molecule has 2 atom stereocenters. The van der Waals surface area contributed by atoms with Crippen LogP contribution in [0.2, 0.25) is 0 Å².